The summed E-state index contributed by atoms with van der Waals surface area (Å²) < 4.78 is 11.0. The molecule has 0 saturated heterocycles. The highest BCUT2D eigenvalue weighted by molar-refractivity contribution is 5.92. The minimum absolute atomic E-state index is 0.0562. The summed E-state index contributed by atoms with van der Waals surface area (Å²) in [6, 6.07) is 7.96. The number of amides is 1. The normalized spacial score (nSPS) is 16.2. The van der Waals surface area contributed by atoms with Crippen LogP contribution in [0.4, 0.5) is 0 Å². The summed E-state index contributed by atoms with van der Waals surface area (Å²) in [5, 5.41) is 4.02. The second kappa shape index (κ2) is 6.69. The fourth-order valence-electron chi connectivity index (χ4n) is 2.95. The lowest BCUT2D eigenvalue weighted by molar-refractivity contribution is -0.117. The first-order valence-corrected chi connectivity index (χ1v) is 7.81. The SMILES string of the molecule is COc1cccc2cc(/C=C/C(=O)NC3CCCCC3)oc12. The molecule has 0 radical (unpaired) electrons. The zero-order chi connectivity index (χ0) is 15.4. The molecule has 0 unspecified atom stereocenters. The number of carbonyl (C=O) groups excluding carboxylic acids is 1. The Kier molecular flexibility index (Phi) is 4.47. The number of nitrogens with one attached hydrogen (secondary N) is 1. The van der Waals surface area contributed by atoms with Gasteiger partial charge in [-0.3, -0.25) is 4.79 Å². The first kappa shape index (κ1) is 14.7. The molecule has 116 valence electrons. The third-order valence-corrected chi connectivity index (χ3v) is 4.10. The highest BCUT2D eigenvalue weighted by atomic mass is 16.5. The van der Waals surface area contributed by atoms with Crippen LogP contribution in [0.2, 0.25) is 0 Å². The van der Waals surface area contributed by atoms with Gasteiger partial charge in [-0.2, -0.15) is 0 Å². The Balaban J connectivity index is 1.68. The molecule has 0 aliphatic heterocycles. The van der Waals surface area contributed by atoms with Gasteiger partial charge in [-0.05, 0) is 31.1 Å². The van der Waals surface area contributed by atoms with Gasteiger partial charge in [0.15, 0.2) is 11.3 Å². The third-order valence-electron chi connectivity index (χ3n) is 4.10. The highest BCUT2D eigenvalue weighted by Crippen LogP contribution is 2.28. The van der Waals surface area contributed by atoms with E-state index in [1.54, 1.807) is 19.3 Å². The second-order valence-corrected chi connectivity index (χ2v) is 5.70. The van der Waals surface area contributed by atoms with Crippen molar-refractivity contribution in [2.75, 3.05) is 7.11 Å². The van der Waals surface area contributed by atoms with Gasteiger partial charge in [0.05, 0.1) is 7.11 Å². The molecule has 0 atom stereocenters. The van der Waals surface area contributed by atoms with E-state index in [-0.39, 0.29) is 5.91 Å². The molecule has 4 nitrogen and oxygen atoms in total. The van der Waals surface area contributed by atoms with Crippen molar-refractivity contribution in [3.63, 3.8) is 0 Å². The summed E-state index contributed by atoms with van der Waals surface area (Å²) in [5.41, 5.74) is 0.706. The van der Waals surface area contributed by atoms with Crippen molar-refractivity contribution in [2.45, 2.75) is 38.1 Å². The average molecular weight is 299 g/mol. The van der Waals surface area contributed by atoms with Crippen LogP contribution >= 0.6 is 0 Å². The minimum Gasteiger partial charge on any atom is -0.493 e. The van der Waals surface area contributed by atoms with Gasteiger partial charge in [0.1, 0.15) is 5.76 Å². The summed E-state index contributed by atoms with van der Waals surface area (Å²) in [5.74, 6) is 1.29. The molecule has 22 heavy (non-hydrogen) atoms. The van der Waals surface area contributed by atoms with Gasteiger partial charge >= 0.3 is 0 Å². The number of hydrogen-bond acceptors (Lipinski definition) is 3. The van der Waals surface area contributed by atoms with Gasteiger partial charge in [0, 0.05) is 17.5 Å². The molecule has 4 heteroatoms. The monoisotopic (exact) mass is 299 g/mol. The summed E-state index contributed by atoms with van der Waals surface area (Å²) in [6.45, 7) is 0. The second-order valence-electron chi connectivity index (χ2n) is 5.70. The molecule has 2 aromatic rings. The molecule has 1 fully saturated rings. The van der Waals surface area contributed by atoms with Crippen LogP contribution in [0, 0.1) is 0 Å². The highest BCUT2D eigenvalue weighted by Gasteiger charge is 2.14. The molecule has 1 aromatic heterocycles. The first-order valence-electron chi connectivity index (χ1n) is 7.81. The van der Waals surface area contributed by atoms with Crippen molar-refractivity contribution in [1.29, 1.82) is 0 Å². The predicted molar refractivity (Wildman–Crippen MR) is 86.8 cm³/mol. The maximum Gasteiger partial charge on any atom is 0.244 e. The van der Waals surface area contributed by atoms with Crippen molar-refractivity contribution >= 4 is 23.0 Å². The molecule has 1 aromatic carbocycles. The van der Waals surface area contributed by atoms with Gasteiger partial charge in [-0.15, -0.1) is 0 Å². The number of fused-ring (bicyclic) bond motifs is 1. The van der Waals surface area contributed by atoms with Crippen molar-refractivity contribution in [1.82, 2.24) is 5.32 Å². The zero-order valence-electron chi connectivity index (χ0n) is 12.8. The van der Waals surface area contributed by atoms with E-state index >= 15 is 0 Å². The Bertz CT molecular complexity index is 681. The van der Waals surface area contributed by atoms with Crippen LogP contribution in [0.15, 0.2) is 34.8 Å². The number of ether oxygens (including phenoxy) is 1. The van der Waals surface area contributed by atoms with E-state index in [2.05, 4.69) is 5.32 Å². The molecule has 3 rings (SSSR count). The smallest absolute Gasteiger partial charge is 0.244 e. The maximum absolute atomic E-state index is 12.0. The van der Waals surface area contributed by atoms with Crippen molar-refractivity contribution < 1.29 is 13.9 Å². The van der Waals surface area contributed by atoms with Crippen LogP contribution < -0.4 is 10.1 Å². The fourth-order valence-corrected chi connectivity index (χ4v) is 2.95. The lowest BCUT2D eigenvalue weighted by Gasteiger charge is -2.21. The molecule has 1 N–H and O–H groups in total. The number of hydrogen-bond donors (Lipinski definition) is 1. The van der Waals surface area contributed by atoms with E-state index in [9.17, 15) is 4.79 Å². The fraction of sp³-hybridized carbons (Fsp3) is 0.389. The van der Waals surface area contributed by atoms with Crippen molar-refractivity contribution in [3.05, 3.63) is 36.1 Å². The molecule has 0 bridgehead atoms. The molecule has 1 heterocycles. The van der Waals surface area contributed by atoms with E-state index in [0.717, 1.165) is 18.2 Å². The molecule has 1 saturated carbocycles. The summed E-state index contributed by atoms with van der Waals surface area (Å²) in [4.78, 5) is 12.0. The van der Waals surface area contributed by atoms with Crippen LogP contribution in [0.1, 0.15) is 37.9 Å². The van der Waals surface area contributed by atoms with Crippen LogP contribution in [0.5, 0.6) is 5.75 Å². The van der Waals surface area contributed by atoms with E-state index in [0.29, 0.717) is 23.1 Å². The molecular formula is C18H21NO3. The van der Waals surface area contributed by atoms with Gasteiger partial charge in [0.2, 0.25) is 5.91 Å². The average Bonchev–Trinajstić information content (AvgIpc) is 2.97. The number of benzene rings is 1. The Hall–Kier alpha value is -2.23. The maximum atomic E-state index is 12.0. The van der Waals surface area contributed by atoms with E-state index in [1.807, 2.05) is 24.3 Å². The van der Waals surface area contributed by atoms with Gasteiger partial charge in [-0.25, -0.2) is 0 Å². The Morgan fingerprint density at radius 2 is 2.14 bits per heavy atom. The molecule has 0 spiro atoms. The van der Waals surface area contributed by atoms with Crippen LogP contribution in [0.25, 0.3) is 17.0 Å². The topological polar surface area (TPSA) is 51.5 Å². The molecule has 1 aliphatic rings. The van der Waals surface area contributed by atoms with E-state index < -0.39 is 0 Å². The number of rotatable bonds is 4. The summed E-state index contributed by atoms with van der Waals surface area (Å²) >= 11 is 0. The molecular weight excluding hydrogens is 278 g/mol. The zero-order valence-corrected chi connectivity index (χ0v) is 12.8. The Morgan fingerprint density at radius 3 is 2.91 bits per heavy atom. The van der Waals surface area contributed by atoms with Crippen LogP contribution in [0.3, 0.4) is 0 Å². The lowest BCUT2D eigenvalue weighted by Crippen LogP contribution is -2.34. The van der Waals surface area contributed by atoms with Crippen LogP contribution in [-0.4, -0.2) is 19.1 Å². The first-order chi connectivity index (χ1) is 10.8. The summed E-state index contributed by atoms with van der Waals surface area (Å²) in [6.07, 6.45) is 9.11. The Morgan fingerprint density at radius 1 is 1.32 bits per heavy atom. The number of para-hydroxylation sites is 1. The largest absolute Gasteiger partial charge is 0.493 e. The number of furan rings is 1. The molecule has 1 amide bonds. The van der Waals surface area contributed by atoms with Crippen molar-refractivity contribution in [2.24, 2.45) is 0 Å². The lowest BCUT2D eigenvalue weighted by atomic mass is 9.95. The van der Waals surface area contributed by atoms with Gasteiger partial charge in [-0.1, -0.05) is 31.4 Å². The quantitative estimate of drug-likeness (QED) is 0.871. The predicted octanol–water partition coefficient (Wildman–Crippen LogP) is 3.90. The number of carbonyl (C=O) groups is 1. The van der Waals surface area contributed by atoms with Crippen molar-refractivity contribution in [3.8, 4) is 5.75 Å². The van der Waals surface area contributed by atoms with Gasteiger partial charge in [0.25, 0.3) is 0 Å². The Labute approximate surface area is 130 Å². The third kappa shape index (κ3) is 3.32. The van der Waals surface area contributed by atoms with E-state index in [4.69, 9.17) is 9.15 Å². The summed E-state index contributed by atoms with van der Waals surface area (Å²) in [7, 11) is 1.62. The van der Waals surface area contributed by atoms with E-state index in [1.165, 1.54) is 19.3 Å². The van der Waals surface area contributed by atoms with Gasteiger partial charge < -0.3 is 14.5 Å². The molecule has 1 aliphatic carbocycles. The minimum atomic E-state index is -0.0562. The standard InChI is InChI=1S/C18H21NO3/c1-21-16-9-5-6-13-12-15(22-18(13)16)10-11-17(20)19-14-7-3-2-4-8-14/h5-6,9-12,14H,2-4,7-8H2,1H3,(H,19,20)/b11-10+. The van der Waals surface area contributed by atoms with Crippen LogP contribution in [-0.2, 0) is 4.79 Å². The number of methoxy groups -OCH3 is 1.